The quantitative estimate of drug-likeness (QED) is 0.454. The fourth-order valence-corrected chi connectivity index (χ4v) is 4.81. The van der Waals surface area contributed by atoms with E-state index in [0.717, 1.165) is 44.1 Å². The Morgan fingerprint density at radius 2 is 2.00 bits per heavy atom. The molecule has 2 aliphatic rings. The largest absolute Gasteiger partial charge is 0.481 e. The molecule has 170 valence electrons. The topological polar surface area (TPSA) is 102 Å². The van der Waals surface area contributed by atoms with E-state index in [1.54, 1.807) is 7.11 Å². The zero-order valence-corrected chi connectivity index (χ0v) is 18.8. The van der Waals surface area contributed by atoms with Crippen LogP contribution in [-0.4, -0.2) is 60.0 Å². The average Bonchev–Trinajstić information content (AvgIpc) is 3.39. The van der Waals surface area contributed by atoms with E-state index in [1.165, 1.54) is 11.4 Å². The highest BCUT2D eigenvalue weighted by Gasteiger charge is 2.36. The van der Waals surface area contributed by atoms with Crippen molar-refractivity contribution in [2.45, 2.75) is 52.1 Å². The fourth-order valence-electron chi connectivity index (χ4n) is 4.81. The summed E-state index contributed by atoms with van der Waals surface area (Å²) >= 11 is 0. The summed E-state index contributed by atoms with van der Waals surface area (Å²) < 4.78 is 9.69. The van der Waals surface area contributed by atoms with Gasteiger partial charge in [0, 0.05) is 56.4 Å². The average molecular weight is 438 g/mol. The summed E-state index contributed by atoms with van der Waals surface area (Å²) in [5.41, 5.74) is 7.00. The molecule has 2 atom stereocenters. The second-order valence-electron chi connectivity index (χ2n) is 8.91. The van der Waals surface area contributed by atoms with E-state index in [4.69, 9.17) is 15.7 Å². The lowest BCUT2D eigenvalue weighted by Gasteiger charge is -2.41. The van der Waals surface area contributed by atoms with E-state index in [-0.39, 0.29) is 6.04 Å². The second-order valence-corrected chi connectivity index (χ2v) is 8.91. The number of nitrogens with one attached hydrogen (secondary N) is 1. The van der Waals surface area contributed by atoms with Crippen LogP contribution in [0.4, 0.5) is 0 Å². The lowest BCUT2D eigenvalue weighted by molar-refractivity contribution is 0.0197. The smallest absolute Gasteiger partial charge is 0.213 e. The second kappa shape index (κ2) is 8.62. The summed E-state index contributed by atoms with van der Waals surface area (Å²) in [5.74, 6) is 6.87. The van der Waals surface area contributed by atoms with E-state index in [9.17, 15) is 0 Å². The van der Waals surface area contributed by atoms with Crippen LogP contribution in [0.5, 0.6) is 5.88 Å². The lowest BCUT2D eigenvalue weighted by Crippen LogP contribution is -2.57. The number of aromatic nitrogens is 5. The molecule has 0 fully saturated rings. The van der Waals surface area contributed by atoms with Crippen LogP contribution in [0.2, 0.25) is 0 Å². The van der Waals surface area contributed by atoms with Crippen LogP contribution in [0.3, 0.4) is 0 Å². The van der Waals surface area contributed by atoms with Crippen molar-refractivity contribution in [1.29, 1.82) is 0 Å². The molecule has 3 N–H and O–H groups in total. The Labute approximate surface area is 187 Å². The first-order valence-corrected chi connectivity index (χ1v) is 11.1. The van der Waals surface area contributed by atoms with Crippen LogP contribution in [-0.2, 0) is 26.2 Å². The van der Waals surface area contributed by atoms with Crippen molar-refractivity contribution in [1.82, 2.24) is 39.8 Å². The molecule has 3 aromatic rings. The number of nitrogens with two attached hydrogens (primary N) is 1. The van der Waals surface area contributed by atoms with Crippen molar-refractivity contribution in [3.8, 4) is 17.3 Å². The predicted octanol–water partition coefficient (Wildman–Crippen LogP) is 1.25. The van der Waals surface area contributed by atoms with E-state index < -0.39 is 0 Å². The number of hydrogen-bond acceptors (Lipinski definition) is 8. The number of fused-ring (bicyclic) bond motifs is 2. The zero-order chi connectivity index (χ0) is 22.2. The third-order valence-electron chi connectivity index (χ3n) is 6.66. The maximum absolute atomic E-state index is 5.95. The Balaban J connectivity index is 1.48. The van der Waals surface area contributed by atoms with Crippen LogP contribution in [0.25, 0.3) is 11.4 Å². The number of methoxy groups -OCH3 is 1. The standard InChI is InChI=1S/C22H31N9O/c1-15(2)28-9-16(21-13-29-14-24-8-18(29)12-31(21)27-23)10-30-17(11-28)7-20(26-30)19-5-4-6-22(25-19)32-3/h4-8,14-16,21,27H,9-13,23H2,1-3H3. The van der Waals surface area contributed by atoms with Crippen LogP contribution >= 0.6 is 0 Å². The van der Waals surface area contributed by atoms with Gasteiger partial charge in [0.2, 0.25) is 5.88 Å². The van der Waals surface area contributed by atoms with E-state index >= 15 is 0 Å². The lowest BCUT2D eigenvalue weighted by atomic mass is 9.96. The Hall–Kier alpha value is -2.79. The molecule has 5 heterocycles. The van der Waals surface area contributed by atoms with E-state index in [1.807, 2.05) is 30.7 Å². The highest BCUT2D eigenvalue weighted by molar-refractivity contribution is 5.55. The molecule has 10 nitrogen and oxygen atoms in total. The summed E-state index contributed by atoms with van der Waals surface area (Å²) in [6.07, 6.45) is 3.83. The minimum absolute atomic E-state index is 0.219. The van der Waals surface area contributed by atoms with Crippen LogP contribution < -0.4 is 16.1 Å². The van der Waals surface area contributed by atoms with Gasteiger partial charge in [-0.3, -0.25) is 15.4 Å². The first kappa shape index (κ1) is 21.1. The van der Waals surface area contributed by atoms with Crippen molar-refractivity contribution in [3.05, 3.63) is 48.2 Å². The van der Waals surface area contributed by atoms with Crippen molar-refractivity contribution < 1.29 is 4.74 Å². The Bertz CT molecular complexity index is 1080. The number of hydrogen-bond donors (Lipinski definition) is 2. The van der Waals surface area contributed by atoms with Gasteiger partial charge in [0.25, 0.3) is 0 Å². The highest BCUT2D eigenvalue weighted by atomic mass is 16.5. The molecule has 0 bridgehead atoms. The first-order valence-electron chi connectivity index (χ1n) is 11.1. The summed E-state index contributed by atoms with van der Waals surface area (Å²) in [6.45, 7) is 8.71. The van der Waals surface area contributed by atoms with Gasteiger partial charge in [-0.2, -0.15) is 10.6 Å². The Morgan fingerprint density at radius 1 is 1.12 bits per heavy atom. The molecule has 0 amide bonds. The van der Waals surface area contributed by atoms with Gasteiger partial charge in [0.1, 0.15) is 5.69 Å². The molecule has 32 heavy (non-hydrogen) atoms. The maximum atomic E-state index is 5.95. The van der Waals surface area contributed by atoms with Gasteiger partial charge in [-0.15, -0.1) is 0 Å². The maximum Gasteiger partial charge on any atom is 0.213 e. The number of imidazole rings is 1. The third kappa shape index (κ3) is 3.90. The molecule has 5 rings (SSSR count). The van der Waals surface area contributed by atoms with Gasteiger partial charge in [0.15, 0.2) is 0 Å². The summed E-state index contributed by atoms with van der Waals surface area (Å²) in [6, 6.07) is 8.57. The molecule has 0 spiro atoms. The van der Waals surface area contributed by atoms with Crippen LogP contribution in [0.15, 0.2) is 36.8 Å². The van der Waals surface area contributed by atoms with Crippen molar-refractivity contribution in [2.75, 3.05) is 13.7 Å². The van der Waals surface area contributed by atoms with Crippen LogP contribution in [0, 0.1) is 5.92 Å². The number of ether oxygens (including phenoxy) is 1. The van der Waals surface area contributed by atoms with Gasteiger partial charge in [-0.25, -0.2) is 15.0 Å². The number of nitrogens with zero attached hydrogens (tertiary/aromatic N) is 7. The number of hydrazine groups is 2. The van der Waals surface area contributed by atoms with Gasteiger partial charge in [-0.05, 0) is 26.0 Å². The molecule has 3 aromatic heterocycles. The molecule has 0 radical (unpaired) electrons. The van der Waals surface area contributed by atoms with Gasteiger partial charge < -0.3 is 9.30 Å². The third-order valence-corrected chi connectivity index (χ3v) is 6.66. The molecule has 0 aliphatic carbocycles. The summed E-state index contributed by atoms with van der Waals surface area (Å²) in [5, 5.41) is 7.10. The molecular formula is C22H31N9O. The fraction of sp³-hybridized carbons (Fsp3) is 0.500. The van der Waals surface area contributed by atoms with E-state index in [0.29, 0.717) is 17.8 Å². The molecular weight excluding hydrogens is 406 g/mol. The minimum atomic E-state index is 0.219. The minimum Gasteiger partial charge on any atom is -0.481 e. The van der Waals surface area contributed by atoms with Gasteiger partial charge in [0.05, 0.1) is 37.1 Å². The predicted molar refractivity (Wildman–Crippen MR) is 120 cm³/mol. The van der Waals surface area contributed by atoms with Gasteiger partial charge >= 0.3 is 0 Å². The summed E-state index contributed by atoms with van der Waals surface area (Å²) in [7, 11) is 1.63. The Morgan fingerprint density at radius 3 is 2.78 bits per heavy atom. The molecule has 0 saturated carbocycles. The molecule has 2 aliphatic heterocycles. The van der Waals surface area contributed by atoms with Crippen LogP contribution in [0.1, 0.15) is 25.2 Å². The summed E-state index contributed by atoms with van der Waals surface area (Å²) in [4.78, 5) is 11.4. The highest BCUT2D eigenvalue weighted by Crippen LogP contribution is 2.29. The Kier molecular flexibility index (Phi) is 5.68. The van der Waals surface area contributed by atoms with Crippen molar-refractivity contribution in [2.24, 2.45) is 11.8 Å². The molecule has 10 heteroatoms. The monoisotopic (exact) mass is 437 g/mol. The number of pyridine rings is 1. The zero-order valence-electron chi connectivity index (χ0n) is 18.8. The van der Waals surface area contributed by atoms with Gasteiger partial charge in [-0.1, -0.05) is 6.07 Å². The number of rotatable bonds is 5. The molecule has 0 aromatic carbocycles. The SMILES string of the molecule is COc1cccc(-c2cc3n(n2)CC(C2Cn4cncc4CN2NN)CN(C(C)C)C3)n1. The molecule has 0 saturated heterocycles. The van der Waals surface area contributed by atoms with Crippen molar-refractivity contribution >= 4 is 0 Å². The van der Waals surface area contributed by atoms with Crippen molar-refractivity contribution in [3.63, 3.8) is 0 Å². The molecule has 2 unspecified atom stereocenters. The van der Waals surface area contributed by atoms with E-state index in [2.05, 4.69) is 54.6 Å². The normalized spacial score (nSPS) is 21.9. The first-order chi connectivity index (χ1) is 15.6.